The highest BCUT2D eigenvalue weighted by Crippen LogP contribution is 2.30. The lowest BCUT2D eigenvalue weighted by Gasteiger charge is -2.31. The van der Waals surface area contributed by atoms with Gasteiger partial charge in [0.1, 0.15) is 17.0 Å². The number of amides is 1. The van der Waals surface area contributed by atoms with Crippen LogP contribution in [0.3, 0.4) is 0 Å². The highest BCUT2D eigenvalue weighted by Gasteiger charge is 2.36. The molecule has 3 aromatic carbocycles. The minimum absolute atomic E-state index is 0.0786. The Bertz CT molecular complexity index is 1420. The summed E-state index contributed by atoms with van der Waals surface area (Å²) >= 11 is 0. The van der Waals surface area contributed by atoms with E-state index in [9.17, 15) is 28.2 Å². The molecule has 0 bridgehead atoms. The van der Waals surface area contributed by atoms with Crippen LogP contribution in [-0.2, 0) is 20.4 Å². The van der Waals surface area contributed by atoms with Gasteiger partial charge in [-0.25, -0.2) is 8.42 Å². The molecule has 0 radical (unpaired) electrons. The Morgan fingerprint density at radius 1 is 1.05 bits per heavy atom. The van der Waals surface area contributed by atoms with Gasteiger partial charge in [0.05, 0.1) is 25.2 Å². The first-order valence-corrected chi connectivity index (χ1v) is 13.5. The smallest absolute Gasteiger partial charge is 0.249 e. The van der Waals surface area contributed by atoms with Crippen LogP contribution in [0.4, 0.5) is 11.4 Å². The Kier molecular flexibility index (Phi) is 8.77. The van der Waals surface area contributed by atoms with E-state index in [-0.39, 0.29) is 23.8 Å². The summed E-state index contributed by atoms with van der Waals surface area (Å²) in [6, 6.07) is 17.5. The third-order valence-corrected chi connectivity index (χ3v) is 6.59. The number of aliphatic hydroxyl groups excluding tert-OH is 1. The van der Waals surface area contributed by atoms with Crippen LogP contribution in [0.2, 0.25) is 0 Å². The maximum atomic E-state index is 13.6. The van der Waals surface area contributed by atoms with Crippen molar-refractivity contribution in [1.82, 2.24) is 5.32 Å². The summed E-state index contributed by atoms with van der Waals surface area (Å²) in [6.45, 7) is 2.98. The average molecular weight is 542 g/mol. The summed E-state index contributed by atoms with van der Waals surface area (Å²) in [5.74, 6) is -0.283. The molecule has 10 nitrogen and oxygen atoms in total. The van der Waals surface area contributed by atoms with E-state index in [4.69, 9.17) is 4.74 Å². The number of sulfonamides is 1. The molecule has 0 spiro atoms. The molecule has 1 amide bonds. The van der Waals surface area contributed by atoms with Crippen molar-refractivity contribution in [2.75, 3.05) is 29.9 Å². The van der Waals surface area contributed by atoms with Crippen molar-refractivity contribution in [3.8, 4) is 11.5 Å². The van der Waals surface area contributed by atoms with E-state index in [0.717, 1.165) is 6.26 Å². The number of carbonyl (C=O) groups excluding carboxylic acids is 2. The van der Waals surface area contributed by atoms with Gasteiger partial charge >= 0.3 is 0 Å². The summed E-state index contributed by atoms with van der Waals surface area (Å²) in [5, 5.41) is 26.8. The van der Waals surface area contributed by atoms with Crippen LogP contribution in [0, 0.1) is 0 Å². The number of nitrogens with one attached hydrogen (secondary N) is 3. The van der Waals surface area contributed by atoms with Gasteiger partial charge in [0.2, 0.25) is 15.9 Å². The first kappa shape index (κ1) is 28.6. The molecular weight excluding hydrogens is 510 g/mol. The zero-order valence-electron chi connectivity index (χ0n) is 21.5. The number of aliphatic hydroxyl groups is 1. The van der Waals surface area contributed by atoms with Crippen molar-refractivity contribution in [3.63, 3.8) is 0 Å². The van der Waals surface area contributed by atoms with Gasteiger partial charge in [-0.3, -0.25) is 19.6 Å². The zero-order chi connectivity index (χ0) is 28.1. The van der Waals surface area contributed by atoms with Gasteiger partial charge in [0.15, 0.2) is 5.78 Å². The second-order valence-corrected chi connectivity index (χ2v) is 10.7. The Labute approximate surface area is 221 Å². The second kappa shape index (κ2) is 11.6. The van der Waals surface area contributed by atoms with E-state index in [1.807, 2.05) is 0 Å². The number of hydrogen-bond acceptors (Lipinski definition) is 8. The molecule has 0 aliphatic carbocycles. The van der Waals surface area contributed by atoms with Gasteiger partial charge < -0.3 is 20.3 Å². The van der Waals surface area contributed by atoms with Crippen LogP contribution >= 0.6 is 0 Å². The van der Waals surface area contributed by atoms with E-state index in [1.165, 1.54) is 32.2 Å². The van der Waals surface area contributed by atoms with Gasteiger partial charge in [-0.1, -0.05) is 30.3 Å². The molecule has 0 saturated carbocycles. The average Bonchev–Trinajstić information content (AvgIpc) is 2.87. The summed E-state index contributed by atoms with van der Waals surface area (Å²) in [5.41, 5.74) is 0.349. The molecule has 0 aliphatic heterocycles. The first-order valence-electron chi connectivity index (χ1n) is 11.6. The van der Waals surface area contributed by atoms with E-state index >= 15 is 0 Å². The molecule has 0 saturated heterocycles. The number of benzene rings is 3. The van der Waals surface area contributed by atoms with Crippen molar-refractivity contribution in [3.05, 3.63) is 83.4 Å². The fraction of sp³-hybridized carbons (Fsp3) is 0.259. The van der Waals surface area contributed by atoms with Gasteiger partial charge in [-0.05, 0) is 61.4 Å². The van der Waals surface area contributed by atoms with Crippen LogP contribution in [0.15, 0.2) is 66.7 Å². The summed E-state index contributed by atoms with van der Waals surface area (Å²) in [4.78, 5) is 25.4. The molecule has 5 N–H and O–H groups in total. The SMILES string of the molecule is COc1ccc([C@](C)(NC[C@H](O)c2ccc(O)c(NS(C)(=O)=O)c2)C(=O)Nc2cccc(C(C)=O)c2)cc1. The number of phenols is 1. The number of ketones is 1. The van der Waals surface area contributed by atoms with Crippen molar-refractivity contribution >= 4 is 33.1 Å². The van der Waals surface area contributed by atoms with E-state index in [1.54, 1.807) is 55.5 Å². The van der Waals surface area contributed by atoms with Crippen LogP contribution in [0.25, 0.3) is 0 Å². The lowest BCUT2D eigenvalue weighted by molar-refractivity contribution is -0.122. The van der Waals surface area contributed by atoms with Crippen molar-refractivity contribution in [1.29, 1.82) is 0 Å². The number of phenolic OH excluding ortho intramolecular Hbond substituents is 1. The monoisotopic (exact) mass is 541 g/mol. The predicted octanol–water partition coefficient (Wildman–Crippen LogP) is 3.15. The Hall–Kier alpha value is -3.93. The molecule has 202 valence electrons. The third-order valence-electron chi connectivity index (χ3n) is 6.00. The molecule has 0 heterocycles. The minimum atomic E-state index is -3.66. The normalized spacial score (nSPS) is 13.7. The number of carbonyl (C=O) groups is 2. The molecule has 11 heteroatoms. The number of rotatable bonds is 11. The largest absolute Gasteiger partial charge is 0.506 e. The van der Waals surface area contributed by atoms with Crippen LogP contribution in [0.5, 0.6) is 11.5 Å². The van der Waals surface area contributed by atoms with E-state index in [0.29, 0.717) is 28.1 Å². The van der Waals surface area contributed by atoms with Crippen LogP contribution < -0.4 is 20.1 Å². The fourth-order valence-electron chi connectivity index (χ4n) is 3.77. The Morgan fingerprint density at radius 3 is 2.34 bits per heavy atom. The maximum Gasteiger partial charge on any atom is 0.249 e. The van der Waals surface area contributed by atoms with Crippen molar-refractivity contribution in [2.24, 2.45) is 0 Å². The number of ether oxygens (including phenoxy) is 1. The van der Waals surface area contributed by atoms with E-state index in [2.05, 4.69) is 15.4 Å². The second-order valence-electron chi connectivity index (χ2n) is 8.99. The summed E-state index contributed by atoms with van der Waals surface area (Å²) in [6.07, 6.45) is -0.218. The van der Waals surface area contributed by atoms with Gasteiger partial charge in [-0.15, -0.1) is 0 Å². The van der Waals surface area contributed by atoms with Crippen molar-refractivity contribution in [2.45, 2.75) is 25.5 Å². The highest BCUT2D eigenvalue weighted by atomic mass is 32.2. The topological polar surface area (TPSA) is 154 Å². The number of hydrogen-bond donors (Lipinski definition) is 5. The lowest BCUT2D eigenvalue weighted by atomic mass is 9.90. The number of aromatic hydroxyl groups is 1. The maximum absolute atomic E-state index is 13.6. The summed E-state index contributed by atoms with van der Waals surface area (Å²) < 4.78 is 30.6. The molecule has 2 atom stereocenters. The predicted molar refractivity (Wildman–Crippen MR) is 145 cm³/mol. The zero-order valence-corrected chi connectivity index (χ0v) is 22.3. The Balaban J connectivity index is 1.89. The molecule has 0 aromatic heterocycles. The Morgan fingerprint density at radius 2 is 1.74 bits per heavy atom. The van der Waals surface area contributed by atoms with Gasteiger partial charge in [0.25, 0.3) is 0 Å². The standard InChI is InChI=1S/C27H31N3O7S/c1-17(31)18-6-5-7-21(14-18)29-26(34)27(2,20-9-11-22(37-3)12-10-20)28-16-25(33)19-8-13-24(32)23(15-19)30-38(4,35)36/h5-15,25,28,30,32-33H,16H2,1-4H3,(H,29,34)/t25-,27-/m0/s1. The third kappa shape index (κ3) is 7.09. The molecule has 0 fully saturated rings. The number of anilines is 2. The van der Waals surface area contributed by atoms with Crippen molar-refractivity contribution < 1.29 is 33.0 Å². The lowest BCUT2D eigenvalue weighted by Crippen LogP contribution is -2.51. The molecule has 3 aromatic rings. The minimum Gasteiger partial charge on any atom is -0.506 e. The summed E-state index contributed by atoms with van der Waals surface area (Å²) in [7, 11) is -2.13. The number of Topliss-reactive ketones (excluding diaryl/α,β-unsaturated/α-hetero) is 1. The first-order chi connectivity index (χ1) is 17.8. The number of methoxy groups -OCH3 is 1. The molecule has 0 unspecified atom stereocenters. The fourth-order valence-corrected chi connectivity index (χ4v) is 4.33. The highest BCUT2D eigenvalue weighted by molar-refractivity contribution is 7.92. The quantitative estimate of drug-likeness (QED) is 0.183. The molecule has 38 heavy (non-hydrogen) atoms. The molecule has 3 rings (SSSR count). The van der Waals surface area contributed by atoms with Crippen LogP contribution in [0.1, 0.15) is 41.4 Å². The van der Waals surface area contributed by atoms with Gasteiger partial charge in [0, 0.05) is 17.8 Å². The molecular formula is C27H31N3O7S. The van der Waals surface area contributed by atoms with Gasteiger partial charge in [-0.2, -0.15) is 0 Å². The van der Waals surface area contributed by atoms with Crippen LogP contribution in [-0.4, -0.2) is 50.2 Å². The van der Waals surface area contributed by atoms with E-state index < -0.39 is 27.6 Å². The molecule has 0 aliphatic rings.